The molecule has 1 aromatic rings. The first kappa shape index (κ1) is 15.7. The molecule has 0 spiro atoms. The molecule has 7 heteroatoms. The van der Waals surface area contributed by atoms with Crippen molar-refractivity contribution >= 4 is 34.8 Å². The van der Waals surface area contributed by atoms with E-state index in [2.05, 4.69) is 5.32 Å². The van der Waals surface area contributed by atoms with Crippen LogP contribution in [-0.2, 0) is 0 Å². The fraction of sp³-hybridized carbons (Fsp3) is 0.417. The lowest BCUT2D eigenvalue weighted by atomic mass is 10.2. The first-order valence-corrected chi connectivity index (χ1v) is 6.62. The molecule has 19 heavy (non-hydrogen) atoms. The van der Waals surface area contributed by atoms with E-state index in [0.717, 1.165) is 6.42 Å². The Hall–Kier alpha value is -1.33. The van der Waals surface area contributed by atoms with E-state index in [9.17, 15) is 14.9 Å². The number of hydrogen-bond donors (Lipinski definition) is 1. The molecule has 1 unspecified atom stereocenters. The Bertz CT molecular complexity index is 480. The molecule has 5 nitrogen and oxygen atoms in total. The Balaban J connectivity index is 2.69. The molecule has 0 saturated heterocycles. The number of benzene rings is 1. The minimum Gasteiger partial charge on any atom is -0.352 e. The Morgan fingerprint density at radius 3 is 2.74 bits per heavy atom. The summed E-state index contributed by atoms with van der Waals surface area (Å²) in [5, 5.41) is 13.5. The van der Waals surface area contributed by atoms with Crippen LogP contribution in [0, 0.1) is 10.1 Å². The number of hydrogen-bond acceptors (Lipinski definition) is 3. The van der Waals surface area contributed by atoms with E-state index in [1.807, 2.05) is 6.92 Å². The van der Waals surface area contributed by atoms with Crippen LogP contribution in [0.2, 0.25) is 5.02 Å². The molecule has 1 N–H and O–H groups in total. The summed E-state index contributed by atoms with van der Waals surface area (Å²) < 4.78 is 0. The van der Waals surface area contributed by atoms with Crippen molar-refractivity contribution in [2.24, 2.45) is 0 Å². The number of carbonyl (C=O) groups excluding carboxylic acids is 1. The number of nitro benzene ring substituents is 1. The molecule has 1 rings (SSSR count). The largest absolute Gasteiger partial charge is 0.352 e. The molecule has 1 atom stereocenters. The van der Waals surface area contributed by atoms with Crippen molar-refractivity contribution in [3.05, 3.63) is 38.9 Å². The number of nitro groups is 1. The minimum absolute atomic E-state index is 0.00833. The van der Waals surface area contributed by atoms with Crippen LogP contribution in [0.3, 0.4) is 0 Å². The maximum absolute atomic E-state index is 11.8. The van der Waals surface area contributed by atoms with Crippen molar-refractivity contribution in [2.75, 3.05) is 6.54 Å². The Morgan fingerprint density at radius 1 is 1.47 bits per heavy atom. The van der Waals surface area contributed by atoms with Crippen molar-refractivity contribution in [1.29, 1.82) is 0 Å². The Kier molecular flexibility index (Phi) is 6.05. The van der Waals surface area contributed by atoms with E-state index in [4.69, 9.17) is 23.2 Å². The third-order valence-corrected chi connectivity index (χ3v) is 3.29. The molecular formula is C12H14Cl2N2O3. The summed E-state index contributed by atoms with van der Waals surface area (Å²) in [7, 11) is 0. The lowest BCUT2D eigenvalue weighted by Crippen LogP contribution is -2.26. The summed E-state index contributed by atoms with van der Waals surface area (Å²) in [6, 6.07) is 3.78. The van der Waals surface area contributed by atoms with Gasteiger partial charge in [-0.2, -0.15) is 0 Å². The van der Waals surface area contributed by atoms with Crippen molar-refractivity contribution in [1.82, 2.24) is 5.32 Å². The SMILES string of the molecule is CCC(Cl)CCNC(=O)c1cc(Cl)cc([N+](=O)[O-])c1. The fourth-order valence-corrected chi connectivity index (χ4v) is 1.80. The maximum atomic E-state index is 11.8. The van der Waals surface area contributed by atoms with Crippen LogP contribution in [0.5, 0.6) is 0 Å². The number of halogens is 2. The van der Waals surface area contributed by atoms with Crippen LogP contribution in [0.1, 0.15) is 30.1 Å². The highest BCUT2D eigenvalue weighted by atomic mass is 35.5. The van der Waals surface area contributed by atoms with Gasteiger partial charge >= 0.3 is 0 Å². The van der Waals surface area contributed by atoms with Gasteiger partial charge in [0.1, 0.15) is 0 Å². The normalized spacial score (nSPS) is 11.9. The molecule has 1 amide bonds. The maximum Gasteiger partial charge on any atom is 0.271 e. The third-order valence-electron chi connectivity index (χ3n) is 2.54. The first-order chi connectivity index (χ1) is 8.93. The Labute approximate surface area is 121 Å². The summed E-state index contributed by atoms with van der Waals surface area (Å²) in [5.74, 6) is -0.398. The van der Waals surface area contributed by atoms with Crippen LogP contribution in [0.4, 0.5) is 5.69 Å². The number of alkyl halides is 1. The van der Waals surface area contributed by atoms with Gasteiger partial charge in [0.25, 0.3) is 11.6 Å². The molecule has 104 valence electrons. The molecule has 0 bridgehead atoms. The molecule has 0 fully saturated rings. The number of rotatable bonds is 6. The highest BCUT2D eigenvalue weighted by molar-refractivity contribution is 6.31. The monoisotopic (exact) mass is 304 g/mol. The van der Waals surface area contributed by atoms with Crippen molar-refractivity contribution in [2.45, 2.75) is 25.1 Å². The average molecular weight is 305 g/mol. The summed E-state index contributed by atoms with van der Waals surface area (Å²) in [4.78, 5) is 21.9. The predicted molar refractivity (Wildman–Crippen MR) is 75.0 cm³/mol. The Morgan fingerprint density at radius 2 is 2.16 bits per heavy atom. The second-order valence-electron chi connectivity index (χ2n) is 4.01. The summed E-state index contributed by atoms with van der Waals surface area (Å²) in [5.41, 5.74) is -0.0387. The van der Waals surface area contributed by atoms with Gasteiger partial charge in [0.2, 0.25) is 0 Å². The second-order valence-corrected chi connectivity index (χ2v) is 5.06. The van der Waals surface area contributed by atoms with Crippen molar-refractivity contribution in [3.8, 4) is 0 Å². The van der Waals surface area contributed by atoms with E-state index in [-0.39, 0.29) is 21.7 Å². The summed E-state index contributed by atoms with van der Waals surface area (Å²) in [6.07, 6.45) is 1.46. The zero-order valence-electron chi connectivity index (χ0n) is 10.4. The van der Waals surface area contributed by atoms with E-state index < -0.39 is 10.8 Å². The van der Waals surface area contributed by atoms with Gasteiger partial charge in [0.15, 0.2) is 0 Å². The lowest BCUT2D eigenvalue weighted by molar-refractivity contribution is -0.384. The van der Waals surface area contributed by atoms with Crippen LogP contribution in [0.15, 0.2) is 18.2 Å². The minimum atomic E-state index is -0.589. The van der Waals surface area contributed by atoms with Gasteiger partial charge in [-0.3, -0.25) is 14.9 Å². The average Bonchev–Trinajstić information content (AvgIpc) is 2.37. The number of carbonyl (C=O) groups is 1. The molecule has 0 aliphatic rings. The van der Waals surface area contributed by atoms with Gasteiger partial charge < -0.3 is 5.32 Å². The quantitative estimate of drug-likeness (QED) is 0.497. The number of nitrogens with zero attached hydrogens (tertiary/aromatic N) is 1. The third kappa shape index (κ3) is 5.04. The standard InChI is InChI=1S/C12H14Cl2N2O3/c1-2-9(13)3-4-15-12(17)8-5-10(14)7-11(6-8)16(18)19/h5-7,9H,2-4H2,1H3,(H,15,17). The molecule has 0 aliphatic carbocycles. The molecule has 0 radical (unpaired) electrons. The number of amides is 1. The second kappa shape index (κ2) is 7.31. The van der Waals surface area contributed by atoms with Crippen LogP contribution in [0.25, 0.3) is 0 Å². The van der Waals surface area contributed by atoms with E-state index in [1.54, 1.807) is 0 Å². The summed E-state index contributed by atoms with van der Waals surface area (Å²) >= 11 is 11.7. The zero-order valence-corrected chi connectivity index (χ0v) is 11.9. The molecule has 1 aromatic carbocycles. The molecule has 0 aromatic heterocycles. The highest BCUT2D eigenvalue weighted by Gasteiger charge is 2.14. The zero-order chi connectivity index (χ0) is 14.4. The molecular weight excluding hydrogens is 291 g/mol. The van der Waals surface area contributed by atoms with Gasteiger partial charge in [-0.25, -0.2) is 0 Å². The van der Waals surface area contributed by atoms with Gasteiger partial charge in [0, 0.05) is 34.6 Å². The lowest BCUT2D eigenvalue weighted by Gasteiger charge is -2.08. The summed E-state index contributed by atoms with van der Waals surface area (Å²) in [6.45, 7) is 2.38. The van der Waals surface area contributed by atoms with Crippen LogP contribution >= 0.6 is 23.2 Å². The fourth-order valence-electron chi connectivity index (χ4n) is 1.46. The van der Waals surface area contributed by atoms with Gasteiger partial charge in [-0.15, -0.1) is 11.6 Å². The van der Waals surface area contributed by atoms with E-state index in [0.29, 0.717) is 13.0 Å². The van der Waals surface area contributed by atoms with Gasteiger partial charge in [0.05, 0.1) is 4.92 Å². The molecule has 0 heterocycles. The predicted octanol–water partition coefficient (Wildman–Crippen LogP) is 3.39. The van der Waals surface area contributed by atoms with Crippen LogP contribution < -0.4 is 5.32 Å². The van der Waals surface area contributed by atoms with Gasteiger partial charge in [-0.1, -0.05) is 18.5 Å². The first-order valence-electron chi connectivity index (χ1n) is 5.81. The van der Waals surface area contributed by atoms with Gasteiger partial charge in [-0.05, 0) is 18.9 Å². The van der Waals surface area contributed by atoms with Crippen molar-refractivity contribution < 1.29 is 9.72 Å². The molecule has 0 aliphatic heterocycles. The van der Waals surface area contributed by atoms with E-state index >= 15 is 0 Å². The highest BCUT2D eigenvalue weighted by Crippen LogP contribution is 2.20. The van der Waals surface area contributed by atoms with Crippen LogP contribution in [-0.4, -0.2) is 22.8 Å². The van der Waals surface area contributed by atoms with E-state index in [1.165, 1.54) is 18.2 Å². The topological polar surface area (TPSA) is 72.2 Å². The number of non-ortho nitro benzene ring substituents is 1. The van der Waals surface area contributed by atoms with Crippen molar-refractivity contribution in [3.63, 3.8) is 0 Å². The number of nitrogens with one attached hydrogen (secondary N) is 1. The molecule has 0 saturated carbocycles. The smallest absolute Gasteiger partial charge is 0.271 e.